The van der Waals surface area contributed by atoms with Gasteiger partial charge in [-0.3, -0.25) is 14.6 Å². The number of aliphatic hydroxyl groups excluding tert-OH is 1. The fraction of sp³-hybridized carbons (Fsp3) is 0.439. The highest BCUT2D eigenvalue weighted by Crippen LogP contribution is 2.54. The molecule has 4 aliphatic heterocycles. The molecule has 1 saturated carbocycles. The highest BCUT2D eigenvalue weighted by molar-refractivity contribution is 14.1. The van der Waals surface area contributed by atoms with Crippen molar-refractivity contribution in [2.75, 3.05) is 50.1 Å². The summed E-state index contributed by atoms with van der Waals surface area (Å²) in [5.74, 6) is -0.661. The number of likely N-dealkylation sites (tertiary alicyclic amines) is 2. The van der Waals surface area contributed by atoms with E-state index < -0.39 is 47.9 Å². The van der Waals surface area contributed by atoms with Crippen LogP contribution in [0.1, 0.15) is 125 Å². The van der Waals surface area contributed by atoms with Crippen molar-refractivity contribution in [1.82, 2.24) is 45.1 Å². The van der Waals surface area contributed by atoms with Crippen molar-refractivity contribution in [3.63, 3.8) is 0 Å². The molecule has 0 spiro atoms. The van der Waals surface area contributed by atoms with Gasteiger partial charge in [0.1, 0.15) is 64.8 Å². The molecule has 7 heterocycles. The molecular weight excluding hydrogens is 1250 g/mol. The zero-order chi connectivity index (χ0) is 62.4. The number of aliphatic hydroxyl groups is 1. The SMILES string of the molecule is Cc1c(F)cc(N)c(/C=N/I)c1-c1c(C2CC2)cc2c(N3C[C@@H]4C[C@H]3CN4C(=O)OC(C)(C)C)nc(OC3CCOCC3)nc2c1OCc1ccc(-c2cn([C@H](C(=O)N3CCC[C@H]3C(=O)N[C@@H](CO)c3ccc(-c4ncccc4F)cc3)C(C)C)nn2)cc1. The predicted molar refractivity (Wildman–Crippen MR) is 341 cm³/mol. The van der Waals surface area contributed by atoms with Gasteiger partial charge in [-0.25, -0.2) is 21.5 Å². The van der Waals surface area contributed by atoms with Crippen LogP contribution in [0.2, 0.25) is 0 Å². The number of carbonyl (C=O) groups is 3. The number of hydrogen-bond donors (Lipinski definition) is 3. The van der Waals surface area contributed by atoms with Crippen molar-refractivity contribution in [2.24, 2.45) is 9.12 Å². The lowest BCUT2D eigenvalue weighted by molar-refractivity contribution is -0.142. The third kappa shape index (κ3) is 12.7. The van der Waals surface area contributed by atoms with Crippen LogP contribution < -0.4 is 25.4 Å². The van der Waals surface area contributed by atoms with Crippen LogP contribution in [0.25, 0.3) is 44.5 Å². The Morgan fingerprint density at radius 2 is 1.69 bits per heavy atom. The van der Waals surface area contributed by atoms with Gasteiger partial charge in [-0.1, -0.05) is 67.6 Å². The summed E-state index contributed by atoms with van der Waals surface area (Å²) in [7, 11) is 0. The third-order valence-electron chi connectivity index (χ3n) is 17.6. The summed E-state index contributed by atoms with van der Waals surface area (Å²) in [5.41, 5.74) is 13.2. The van der Waals surface area contributed by atoms with Crippen LogP contribution in [0, 0.1) is 24.5 Å². The van der Waals surface area contributed by atoms with Gasteiger partial charge in [-0.05, 0) is 118 Å². The van der Waals surface area contributed by atoms with Crippen molar-refractivity contribution in [1.29, 1.82) is 0 Å². The number of fused-ring (bicyclic) bond motifs is 3. The Kier molecular flexibility index (Phi) is 17.6. The van der Waals surface area contributed by atoms with E-state index in [1.54, 1.807) is 53.2 Å². The second-order valence-electron chi connectivity index (χ2n) is 25.2. The van der Waals surface area contributed by atoms with Gasteiger partial charge in [0.15, 0.2) is 5.75 Å². The molecule has 5 aliphatic rings. The molecule has 5 atom stereocenters. The normalized spacial score (nSPS) is 19.4. The monoisotopic (exact) mass is 1330 g/mol. The molecule has 89 heavy (non-hydrogen) atoms. The van der Waals surface area contributed by atoms with E-state index in [1.807, 2.05) is 86.6 Å². The Bertz CT molecular complexity index is 3830. The standard InChI is InChI=1S/C66H73F2IN12O8/c1-36(2)59(63(84)78-24-8-10-54(78)62(83)73-53(34-82)41-17-19-42(20-18-41)57-49(67)9-7-23-71-57)81-33-52(76-77-81)40-13-11-38(12-14-40)35-87-60-56(55-37(3)50(68)29-51(70)48(55)30-72-69)46(39-15-16-39)28-47-58(60)74-64(88-45-21-25-86-26-22-45)75-61(47)79-31-44-27-43(79)32-80(44)65(85)89-66(4,5)6/h7,9,11-14,17-20,23,28-30,33,36,39,43-45,53-54,59,82H,8,10,15-16,21-22,24-27,31-32,34-35,70H2,1-6H3,(H,73,83)/b72-30+/t43-,44-,53-,54-,59-/m0/s1. The van der Waals surface area contributed by atoms with Crippen LogP contribution in [-0.2, 0) is 25.7 Å². The van der Waals surface area contributed by atoms with E-state index in [0.29, 0.717) is 115 Å². The van der Waals surface area contributed by atoms with Gasteiger partial charge in [0, 0.05) is 83.8 Å². The lowest BCUT2D eigenvalue weighted by Gasteiger charge is -2.36. The fourth-order valence-electron chi connectivity index (χ4n) is 12.9. The summed E-state index contributed by atoms with van der Waals surface area (Å²) in [6, 6.07) is 18.5. The summed E-state index contributed by atoms with van der Waals surface area (Å²) in [5, 5.41) is 23.2. The molecule has 466 valence electrons. The average molecular weight is 1330 g/mol. The summed E-state index contributed by atoms with van der Waals surface area (Å²) < 4.78 is 62.1. The molecule has 7 aromatic rings. The highest BCUT2D eigenvalue weighted by Gasteiger charge is 2.48. The molecule has 5 fully saturated rings. The zero-order valence-corrected chi connectivity index (χ0v) is 52.8. The Morgan fingerprint density at radius 3 is 2.36 bits per heavy atom. The van der Waals surface area contributed by atoms with Crippen LogP contribution in [0.4, 0.5) is 25.1 Å². The molecule has 0 unspecified atom stereocenters. The number of rotatable bonds is 18. The first-order chi connectivity index (χ1) is 42.9. The lowest BCUT2D eigenvalue weighted by Crippen LogP contribution is -2.50. The Morgan fingerprint density at radius 1 is 0.933 bits per heavy atom. The van der Waals surface area contributed by atoms with Gasteiger partial charge >= 0.3 is 12.1 Å². The molecule has 2 bridgehead atoms. The number of nitrogens with two attached hydrogens (primary N) is 1. The number of carbonyl (C=O) groups excluding carboxylic acids is 3. The van der Waals surface area contributed by atoms with Gasteiger partial charge < -0.3 is 49.8 Å². The second kappa shape index (κ2) is 25.5. The molecule has 3 aromatic heterocycles. The minimum atomic E-state index is -0.791. The van der Waals surface area contributed by atoms with Crippen molar-refractivity contribution in [2.45, 2.75) is 141 Å². The van der Waals surface area contributed by atoms with Crippen molar-refractivity contribution in [3.05, 3.63) is 125 Å². The molecular formula is C66H73F2IN12O8. The Hall–Kier alpha value is -7.90. The number of nitrogens with one attached hydrogen (secondary N) is 1. The molecule has 12 rings (SSSR count). The molecule has 0 radical (unpaired) electrons. The number of nitrogen functional groups attached to an aromatic ring is 1. The number of aromatic nitrogens is 6. The number of piperazine rings is 1. The quantitative estimate of drug-likeness (QED) is 0.0411. The van der Waals surface area contributed by atoms with Gasteiger partial charge in [-0.2, -0.15) is 9.97 Å². The van der Waals surface area contributed by atoms with Crippen LogP contribution in [0.5, 0.6) is 11.8 Å². The Balaban J connectivity index is 0.836. The summed E-state index contributed by atoms with van der Waals surface area (Å²) in [4.78, 5) is 62.5. The highest BCUT2D eigenvalue weighted by atomic mass is 127. The van der Waals surface area contributed by atoms with E-state index in [-0.39, 0.29) is 66.0 Å². The van der Waals surface area contributed by atoms with Gasteiger partial charge in [0.05, 0.1) is 67.0 Å². The maximum absolute atomic E-state index is 16.3. The molecule has 4 saturated heterocycles. The number of nitrogens with zero attached hydrogens (tertiary/aromatic N) is 10. The van der Waals surface area contributed by atoms with Crippen molar-refractivity contribution < 1.29 is 47.2 Å². The largest absolute Gasteiger partial charge is 0.486 e. The first kappa shape index (κ1) is 61.3. The molecule has 1 aliphatic carbocycles. The van der Waals surface area contributed by atoms with Crippen LogP contribution in [-0.4, -0.2) is 138 Å². The summed E-state index contributed by atoms with van der Waals surface area (Å²) in [6.45, 7) is 13.3. The van der Waals surface area contributed by atoms with Gasteiger partial charge in [0.2, 0.25) is 11.8 Å². The minimum absolute atomic E-state index is 0.0600. The van der Waals surface area contributed by atoms with Crippen molar-refractivity contribution >= 4 is 69.4 Å². The number of benzene rings is 4. The maximum Gasteiger partial charge on any atom is 0.410 e. The molecule has 20 nitrogen and oxygen atoms in total. The molecule has 3 amide bonds. The van der Waals surface area contributed by atoms with Crippen LogP contribution in [0.15, 0.2) is 88.4 Å². The first-order valence-corrected chi connectivity index (χ1v) is 31.5. The number of ether oxygens (including phenoxy) is 4. The van der Waals surface area contributed by atoms with E-state index in [2.05, 4.69) is 34.8 Å². The van der Waals surface area contributed by atoms with E-state index in [9.17, 15) is 23.9 Å². The summed E-state index contributed by atoms with van der Waals surface area (Å²) >= 11 is 1.91. The number of pyridine rings is 1. The van der Waals surface area contributed by atoms with Crippen LogP contribution >= 0.6 is 22.9 Å². The second-order valence-corrected chi connectivity index (χ2v) is 25.7. The average Bonchev–Trinajstić information content (AvgIpc) is 2.15. The van der Waals surface area contributed by atoms with Gasteiger partial charge in [-0.15, -0.1) is 5.10 Å². The maximum atomic E-state index is 16.3. The molecule has 4 aromatic carbocycles. The predicted octanol–water partition coefficient (Wildman–Crippen LogP) is 10.8. The van der Waals surface area contributed by atoms with E-state index in [0.717, 1.165) is 41.3 Å². The number of halogens is 3. The van der Waals surface area contributed by atoms with Crippen LogP contribution in [0.3, 0.4) is 0 Å². The van der Waals surface area contributed by atoms with Crippen molar-refractivity contribution in [3.8, 4) is 45.4 Å². The van der Waals surface area contributed by atoms with Gasteiger partial charge in [0.25, 0.3) is 0 Å². The topological polar surface area (TPSA) is 238 Å². The molecule has 23 heteroatoms. The van der Waals surface area contributed by atoms with E-state index in [4.69, 9.17) is 34.6 Å². The number of hydrogen-bond acceptors (Lipinski definition) is 16. The minimum Gasteiger partial charge on any atom is -0.486 e. The third-order valence-corrected chi connectivity index (χ3v) is 17.8. The smallest absolute Gasteiger partial charge is 0.410 e. The summed E-state index contributed by atoms with van der Waals surface area (Å²) in [6.07, 6.45) is 9.23. The zero-order valence-electron chi connectivity index (χ0n) is 50.7. The number of amides is 3. The first-order valence-electron chi connectivity index (χ1n) is 30.5. The Labute approximate surface area is 529 Å². The molecule has 4 N–H and O–H groups in total. The number of anilines is 2. The fourth-order valence-corrected chi connectivity index (χ4v) is 13.2. The lowest BCUT2D eigenvalue weighted by atomic mass is 9.87. The van der Waals surface area contributed by atoms with E-state index >= 15 is 4.39 Å². The van der Waals surface area contributed by atoms with E-state index in [1.165, 1.54) is 24.4 Å².